The fourth-order valence-electron chi connectivity index (χ4n) is 3.39. The Bertz CT molecular complexity index is 919. The second-order valence-corrected chi connectivity index (χ2v) is 8.11. The number of benzene rings is 2. The van der Waals surface area contributed by atoms with Crippen LogP contribution < -0.4 is 4.74 Å². The van der Waals surface area contributed by atoms with Crippen molar-refractivity contribution < 1.29 is 14.3 Å². The summed E-state index contributed by atoms with van der Waals surface area (Å²) in [7, 11) is 0. The van der Waals surface area contributed by atoms with E-state index in [0.29, 0.717) is 5.02 Å². The zero-order chi connectivity index (χ0) is 21.9. The summed E-state index contributed by atoms with van der Waals surface area (Å²) in [5.41, 5.74) is 1.69. The molecule has 0 unspecified atom stereocenters. The number of hydrogen-bond acceptors (Lipinski definition) is 4. The number of carbonyl (C=O) groups is 1. The second-order valence-electron chi connectivity index (χ2n) is 7.71. The van der Waals surface area contributed by atoms with Gasteiger partial charge in [0.05, 0.1) is 6.61 Å². The molecule has 0 bridgehead atoms. The average Bonchev–Trinajstić information content (AvgIpc) is 3.15. The largest absolute Gasteiger partial charge is 0.494 e. The normalized spacial score (nSPS) is 14.6. The van der Waals surface area contributed by atoms with E-state index in [4.69, 9.17) is 21.1 Å². The minimum atomic E-state index is -0.482. The molecular formula is C26H30ClNO3. The van der Waals surface area contributed by atoms with Crippen LogP contribution in [-0.4, -0.2) is 18.5 Å². The summed E-state index contributed by atoms with van der Waals surface area (Å²) < 4.78 is 11.2. The molecule has 0 aliphatic carbocycles. The Morgan fingerprint density at radius 2 is 1.61 bits per heavy atom. The third kappa shape index (κ3) is 7.25. The number of carbonyl (C=O) groups excluding carboxylic acids is 1. The van der Waals surface area contributed by atoms with E-state index in [-0.39, 0.29) is 11.6 Å². The van der Waals surface area contributed by atoms with Gasteiger partial charge in [0, 0.05) is 10.6 Å². The van der Waals surface area contributed by atoms with Gasteiger partial charge in [-0.15, -0.1) is 0 Å². The van der Waals surface area contributed by atoms with Crippen molar-refractivity contribution in [3.8, 4) is 5.75 Å². The molecule has 5 heteroatoms. The van der Waals surface area contributed by atoms with E-state index in [1.807, 2.05) is 42.5 Å². The predicted octanol–water partition coefficient (Wildman–Crippen LogP) is 7.20. The Kier molecular flexibility index (Phi) is 9.16. The molecule has 0 atom stereocenters. The molecule has 3 rings (SSSR count). The highest BCUT2D eigenvalue weighted by molar-refractivity contribution is 6.32. The van der Waals surface area contributed by atoms with Gasteiger partial charge in [0.2, 0.25) is 5.90 Å². The summed E-state index contributed by atoms with van der Waals surface area (Å²) in [5, 5.41) is 0.560. The van der Waals surface area contributed by atoms with Gasteiger partial charge in [-0.1, -0.05) is 81.7 Å². The molecule has 4 nitrogen and oxygen atoms in total. The fourth-order valence-corrected chi connectivity index (χ4v) is 3.58. The van der Waals surface area contributed by atoms with Gasteiger partial charge in [0.25, 0.3) is 0 Å². The first kappa shape index (κ1) is 23.1. The van der Waals surface area contributed by atoms with Crippen LogP contribution >= 0.6 is 11.6 Å². The first-order chi connectivity index (χ1) is 15.2. The van der Waals surface area contributed by atoms with E-state index in [2.05, 4.69) is 11.9 Å². The molecule has 2 aromatic rings. The van der Waals surface area contributed by atoms with Crippen molar-refractivity contribution in [1.29, 1.82) is 0 Å². The zero-order valence-corrected chi connectivity index (χ0v) is 18.9. The van der Waals surface area contributed by atoms with Crippen LogP contribution in [0, 0.1) is 0 Å². The van der Waals surface area contributed by atoms with Crippen molar-refractivity contribution in [3.05, 3.63) is 70.4 Å². The van der Waals surface area contributed by atoms with Gasteiger partial charge in [-0.05, 0) is 48.4 Å². The number of ether oxygens (including phenoxy) is 2. The van der Waals surface area contributed by atoms with Gasteiger partial charge in [-0.2, -0.15) is 0 Å². The van der Waals surface area contributed by atoms with E-state index >= 15 is 0 Å². The standard InChI is InChI=1S/C26H30ClNO3/c1-2-3-4-5-6-7-8-11-18-30-22-16-14-20(15-17-22)25-28-24(26(29)31-25)19-21-12-9-10-13-23(21)27/h9-10,12-17,19H,2-8,11,18H2,1H3. The highest BCUT2D eigenvalue weighted by Gasteiger charge is 2.24. The van der Waals surface area contributed by atoms with Crippen molar-refractivity contribution in [2.75, 3.05) is 6.61 Å². The monoisotopic (exact) mass is 439 g/mol. The summed E-state index contributed by atoms with van der Waals surface area (Å²) in [4.78, 5) is 16.5. The molecule has 1 aliphatic heterocycles. The average molecular weight is 440 g/mol. The number of esters is 1. The number of hydrogen-bond donors (Lipinski definition) is 0. The van der Waals surface area contributed by atoms with Crippen molar-refractivity contribution in [3.63, 3.8) is 0 Å². The lowest BCUT2D eigenvalue weighted by Gasteiger charge is -2.07. The first-order valence-corrected chi connectivity index (χ1v) is 11.6. The van der Waals surface area contributed by atoms with Crippen LogP contribution in [0.1, 0.15) is 69.4 Å². The lowest BCUT2D eigenvalue weighted by molar-refractivity contribution is -0.129. The van der Waals surface area contributed by atoms with E-state index in [1.165, 1.54) is 44.9 Å². The van der Waals surface area contributed by atoms with Crippen LogP contribution in [0.2, 0.25) is 5.02 Å². The maximum atomic E-state index is 12.2. The predicted molar refractivity (Wildman–Crippen MR) is 127 cm³/mol. The molecule has 164 valence electrons. The zero-order valence-electron chi connectivity index (χ0n) is 18.1. The highest BCUT2D eigenvalue weighted by atomic mass is 35.5. The summed E-state index contributed by atoms with van der Waals surface area (Å²) in [6.07, 6.45) is 11.9. The molecule has 1 aliphatic rings. The van der Waals surface area contributed by atoms with Crippen LogP contribution in [0.4, 0.5) is 0 Å². The lowest BCUT2D eigenvalue weighted by Crippen LogP contribution is -2.05. The minimum absolute atomic E-state index is 0.234. The number of unbranched alkanes of at least 4 members (excludes halogenated alkanes) is 7. The quantitative estimate of drug-likeness (QED) is 0.199. The van der Waals surface area contributed by atoms with Crippen LogP contribution in [0.5, 0.6) is 5.75 Å². The minimum Gasteiger partial charge on any atom is -0.494 e. The van der Waals surface area contributed by atoms with Crippen LogP contribution in [0.15, 0.2) is 59.2 Å². The van der Waals surface area contributed by atoms with Gasteiger partial charge in [-0.3, -0.25) is 0 Å². The molecule has 1 heterocycles. The van der Waals surface area contributed by atoms with Crippen molar-refractivity contribution in [1.82, 2.24) is 0 Å². The second kappa shape index (κ2) is 12.3. The summed E-state index contributed by atoms with van der Waals surface area (Å²) in [6.45, 7) is 2.96. The molecule has 0 saturated heterocycles. The molecule has 0 aromatic heterocycles. The molecule has 0 spiro atoms. The van der Waals surface area contributed by atoms with E-state index in [0.717, 1.165) is 29.9 Å². The molecule has 0 N–H and O–H groups in total. The van der Waals surface area contributed by atoms with Crippen LogP contribution in [0.3, 0.4) is 0 Å². The number of nitrogens with zero attached hydrogens (tertiary/aromatic N) is 1. The number of halogens is 1. The van der Waals surface area contributed by atoms with Gasteiger partial charge in [0.15, 0.2) is 5.70 Å². The SMILES string of the molecule is CCCCCCCCCCOc1ccc(C2=NC(=Cc3ccccc3Cl)C(=O)O2)cc1. The first-order valence-electron chi connectivity index (χ1n) is 11.2. The van der Waals surface area contributed by atoms with Crippen molar-refractivity contribution >= 4 is 29.5 Å². The smallest absolute Gasteiger partial charge is 0.363 e. The maximum absolute atomic E-state index is 12.2. The number of rotatable bonds is 12. The van der Waals surface area contributed by atoms with Crippen LogP contribution in [0.25, 0.3) is 6.08 Å². The molecule has 0 saturated carbocycles. The Morgan fingerprint density at radius 1 is 0.935 bits per heavy atom. The summed E-state index contributed by atoms with van der Waals surface area (Å²) >= 11 is 6.16. The Hall–Kier alpha value is -2.59. The topological polar surface area (TPSA) is 47.9 Å². The molecule has 0 amide bonds. The van der Waals surface area contributed by atoms with E-state index in [9.17, 15) is 4.79 Å². The molecule has 0 radical (unpaired) electrons. The van der Waals surface area contributed by atoms with Crippen molar-refractivity contribution in [2.45, 2.75) is 58.3 Å². The molecule has 31 heavy (non-hydrogen) atoms. The molecule has 2 aromatic carbocycles. The highest BCUT2D eigenvalue weighted by Crippen LogP contribution is 2.24. The van der Waals surface area contributed by atoms with Crippen LogP contribution in [-0.2, 0) is 9.53 Å². The van der Waals surface area contributed by atoms with Gasteiger partial charge in [0.1, 0.15) is 5.75 Å². The summed E-state index contributed by atoms with van der Waals surface area (Å²) in [6, 6.07) is 14.8. The number of cyclic esters (lactones) is 1. The molecule has 0 fully saturated rings. The Balaban J connectivity index is 1.47. The Labute approximate surface area is 189 Å². The van der Waals surface area contributed by atoms with Gasteiger partial charge < -0.3 is 9.47 Å². The maximum Gasteiger partial charge on any atom is 0.363 e. The van der Waals surface area contributed by atoms with E-state index < -0.39 is 5.97 Å². The molecular weight excluding hydrogens is 410 g/mol. The van der Waals surface area contributed by atoms with Gasteiger partial charge >= 0.3 is 5.97 Å². The van der Waals surface area contributed by atoms with E-state index in [1.54, 1.807) is 12.1 Å². The van der Waals surface area contributed by atoms with Gasteiger partial charge in [-0.25, -0.2) is 9.79 Å². The lowest BCUT2D eigenvalue weighted by atomic mass is 10.1. The van der Waals surface area contributed by atoms with Crippen molar-refractivity contribution in [2.24, 2.45) is 4.99 Å². The summed E-state index contributed by atoms with van der Waals surface area (Å²) in [5.74, 6) is 0.617. The third-order valence-electron chi connectivity index (χ3n) is 5.19. The fraction of sp³-hybridized carbons (Fsp3) is 0.385. The third-order valence-corrected chi connectivity index (χ3v) is 5.53. The Morgan fingerprint density at radius 3 is 2.32 bits per heavy atom. The number of aliphatic imine (C=N–C) groups is 1.